The number of amides is 1. The van der Waals surface area contributed by atoms with Crippen LogP contribution >= 0.6 is 11.6 Å². The van der Waals surface area contributed by atoms with Crippen LogP contribution in [0.25, 0.3) is 5.76 Å². The van der Waals surface area contributed by atoms with Crippen molar-refractivity contribution in [1.29, 1.82) is 0 Å². The maximum absolute atomic E-state index is 12.9. The Bertz CT molecular complexity index is 986. The van der Waals surface area contributed by atoms with E-state index in [1.807, 2.05) is 0 Å². The Kier molecular flexibility index (Phi) is 6.64. The van der Waals surface area contributed by atoms with Crippen LogP contribution in [0.3, 0.4) is 0 Å². The first-order valence-electron chi connectivity index (χ1n) is 9.29. The van der Waals surface area contributed by atoms with Gasteiger partial charge < -0.3 is 24.6 Å². The van der Waals surface area contributed by atoms with E-state index < -0.39 is 17.7 Å². The van der Waals surface area contributed by atoms with Crippen LogP contribution in [0.5, 0.6) is 11.5 Å². The number of benzene rings is 2. The first kappa shape index (κ1) is 21.7. The molecule has 0 saturated carbocycles. The van der Waals surface area contributed by atoms with Crippen molar-refractivity contribution in [3.05, 3.63) is 64.2 Å². The van der Waals surface area contributed by atoms with Crippen LogP contribution in [0.15, 0.2) is 48.0 Å². The second kappa shape index (κ2) is 9.19. The Labute approximate surface area is 179 Å². The van der Waals surface area contributed by atoms with Gasteiger partial charge in [-0.15, -0.1) is 0 Å². The van der Waals surface area contributed by atoms with E-state index in [2.05, 4.69) is 0 Å². The molecular weight excluding hydrogens is 410 g/mol. The third-order valence-corrected chi connectivity index (χ3v) is 5.18. The number of ketones is 1. The molecule has 1 atom stereocenters. The molecule has 2 aromatic rings. The zero-order chi connectivity index (χ0) is 21.8. The number of phenols is 1. The number of aromatic hydroxyl groups is 1. The third-order valence-electron chi connectivity index (χ3n) is 4.92. The Morgan fingerprint density at radius 2 is 1.83 bits per heavy atom. The first-order valence-corrected chi connectivity index (χ1v) is 9.67. The fourth-order valence-corrected chi connectivity index (χ4v) is 3.59. The van der Waals surface area contributed by atoms with Gasteiger partial charge in [-0.3, -0.25) is 9.59 Å². The molecule has 0 radical (unpaired) electrons. The maximum Gasteiger partial charge on any atom is 0.295 e. The summed E-state index contributed by atoms with van der Waals surface area (Å²) in [7, 11) is 2.96. The number of carbonyl (C=O) groups excluding carboxylic acids is 2. The monoisotopic (exact) mass is 431 g/mol. The Hall–Kier alpha value is -3.03. The normalized spacial score (nSPS) is 18.1. The lowest BCUT2D eigenvalue weighted by Crippen LogP contribution is -2.31. The molecule has 30 heavy (non-hydrogen) atoms. The number of rotatable bonds is 7. The Morgan fingerprint density at radius 1 is 1.13 bits per heavy atom. The second-order valence-corrected chi connectivity index (χ2v) is 7.21. The molecule has 158 valence electrons. The van der Waals surface area contributed by atoms with Gasteiger partial charge in [0.1, 0.15) is 5.76 Å². The van der Waals surface area contributed by atoms with E-state index in [-0.39, 0.29) is 29.4 Å². The van der Waals surface area contributed by atoms with Crippen LogP contribution in [-0.2, 0) is 14.3 Å². The van der Waals surface area contributed by atoms with Gasteiger partial charge in [-0.25, -0.2) is 0 Å². The molecule has 0 aliphatic carbocycles. The molecule has 2 aromatic carbocycles. The van der Waals surface area contributed by atoms with Crippen LogP contribution in [0, 0.1) is 0 Å². The number of Topliss-reactive ketones (excluding diaryl/α,β-unsaturated/α-hetero) is 1. The summed E-state index contributed by atoms with van der Waals surface area (Å²) >= 11 is 5.92. The van der Waals surface area contributed by atoms with Crippen molar-refractivity contribution in [3.63, 3.8) is 0 Å². The van der Waals surface area contributed by atoms with Crippen molar-refractivity contribution < 1.29 is 29.3 Å². The quantitative estimate of drug-likeness (QED) is 0.301. The molecule has 3 rings (SSSR count). The summed E-state index contributed by atoms with van der Waals surface area (Å²) in [5.41, 5.74) is 0.856. The predicted octanol–water partition coefficient (Wildman–Crippen LogP) is 3.51. The number of halogens is 1. The summed E-state index contributed by atoms with van der Waals surface area (Å²) in [4.78, 5) is 27.1. The summed E-state index contributed by atoms with van der Waals surface area (Å²) in [6.07, 6.45) is 0.510. The number of carbonyl (C=O) groups is 2. The van der Waals surface area contributed by atoms with Crippen LogP contribution in [0.2, 0.25) is 5.02 Å². The Morgan fingerprint density at radius 3 is 2.47 bits per heavy atom. The summed E-state index contributed by atoms with van der Waals surface area (Å²) in [6.45, 7) is 0.662. The van der Waals surface area contributed by atoms with Crippen molar-refractivity contribution in [2.45, 2.75) is 12.5 Å². The number of hydrogen-bond acceptors (Lipinski definition) is 6. The number of aliphatic hydroxyl groups excluding tert-OH is 1. The number of hydrogen-bond donors (Lipinski definition) is 2. The van der Waals surface area contributed by atoms with Gasteiger partial charge in [0, 0.05) is 30.8 Å². The lowest BCUT2D eigenvalue weighted by atomic mass is 9.95. The van der Waals surface area contributed by atoms with E-state index in [4.69, 9.17) is 21.1 Å². The van der Waals surface area contributed by atoms with Crippen LogP contribution in [0.4, 0.5) is 0 Å². The highest BCUT2D eigenvalue weighted by Gasteiger charge is 2.46. The van der Waals surface area contributed by atoms with Crippen molar-refractivity contribution in [2.24, 2.45) is 0 Å². The molecular formula is C22H22ClNO6. The lowest BCUT2D eigenvalue weighted by Gasteiger charge is -2.25. The molecule has 1 saturated heterocycles. The standard InChI is InChI=1S/C22H22ClNO6/c1-29-11-3-10-24-19(14-6-9-16(25)17(12-14)30-2)18(21(27)22(24)28)20(26)13-4-7-15(23)8-5-13/h4-9,12,19,25-26H,3,10-11H2,1-2H3/b20-18+. The number of nitrogens with zero attached hydrogens (tertiary/aromatic N) is 1. The molecule has 1 amide bonds. The van der Waals surface area contributed by atoms with Crippen LogP contribution < -0.4 is 4.74 Å². The van der Waals surface area contributed by atoms with Crippen molar-refractivity contribution in [2.75, 3.05) is 27.4 Å². The molecule has 1 fully saturated rings. The number of ether oxygens (including phenoxy) is 2. The van der Waals surface area contributed by atoms with Gasteiger partial charge in [0.2, 0.25) is 0 Å². The van der Waals surface area contributed by atoms with Crippen LogP contribution in [0.1, 0.15) is 23.6 Å². The number of aliphatic hydroxyl groups is 1. The van der Waals surface area contributed by atoms with Crippen LogP contribution in [-0.4, -0.2) is 54.2 Å². The predicted molar refractivity (Wildman–Crippen MR) is 112 cm³/mol. The summed E-state index contributed by atoms with van der Waals surface area (Å²) in [5.74, 6) is -1.66. The van der Waals surface area contributed by atoms with Crippen molar-refractivity contribution in [3.8, 4) is 11.5 Å². The molecule has 0 bridgehead atoms. The average Bonchev–Trinajstić information content (AvgIpc) is 2.99. The lowest BCUT2D eigenvalue weighted by molar-refractivity contribution is -0.140. The summed E-state index contributed by atoms with van der Waals surface area (Å²) in [6, 6.07) is 10.0. The van der Waals surface area contributed by atoms with E-state index in [1.165, 1.54) is 18.1 Å². The van der Waals surface area contributed by atoms with E-state index >= 15 is 0 Å². The van der Waals surface area contributed by atoms with E-state index in [0.717, 1.165) is 0 Å². The highest BCUT2D eigenvalue weighted by Crippen LogP contribution is 2.41. The van der Waals surface area contributed by atoms with Crippen molar-refractivity contribution in [1.82, 2.24) is 4.90 Å². The van der Waals surface area contributed by atoms with E-state index in [1.54, 1.807) is 43.5 Å². The van der Waals surface area contributed by atoms with Gasteiger partial charge in [-0.1, -0.05) is 17.7 Å². The fourth-order valence-electron chi connectivity index (χ4n) is 3.46. The fraction of sp³-hybridized carbons (Fsp3) is 0.273. The summed E-state index contributed by atoms with van der Waals surface area (Å²) < 4.78 is 10.2. The van der Waals surface area contributed by atoms with Gasteiger partial charge in [0.15, 0.2) is 11.5 Å². The van der Waals surface area contributed by atoms with E-state index in [9.17, 15) is 19.8 Å². The van der Waals surface area contributed by atoms with Gasteiger partial charge in [-0.2, -0.15) is 0 Å². The molecule has 2 N–H and O–H groups in total. The number of methoxy groups -OCH3 is 2. The molecule has 8 heteroatoms. The molecule has 7 nitrogen and oxygen atoms in total. The minimum absolute atomic E-state index is 0.0347. The topological polar surface area (TPSA) is 96.3 Å². The highest BCUT2D eigenvalue weighted by atomic mass is 35.5. The van der Waals surface area contributed by atoms with E-state index in [0.29, 0.717) is 29.2 Å². The zero-order valence-electron chi connectivity index (χ0n) is 16.6. The molecule has 1 heterocycles. The number of likely N-dealkylation sites (tertiary alicyclic amines) is 1. The second-order valence-electron chi connectivity index (χ2n) is 6.78. The smallest absolute Gasteiger partial charge is 0.295 e. The maximum atomic E-state index is 12.9. The van der Waals surface area contributed by atoms with Gasteiger partial charge in [-0.05, 0) is 48.4 Å². The molecule has 1 unspecified atom stereocenters. The van der Waals surface area contributed by atoms with Crippen molar-refractivity contribution >= 4 is 29.1 Å². The zero-order valence-corrected chi connectivity index (χ0v) is 17.3. The van der Waals surface area contributed by atoms with Gasteiger partial charge >= 0.3 is 0 Å². The Balaban J connectivity index is 2.15. The minimum atomic E-state index is -0.841. The molecule has 0 aromatic heterocycles. The third kappa shape index (κ3) is 4.13. The largest absolute Gasteiger partial charge is 0.507 e. The molecule has 1 aliphatic rings. The first-order chi connectivity index (χ1) is 14.4. The average molecular weight is 432 g/mol. The minimum Gasteiger partial charge on any atom is -0.507 e. The van der Waals surface area contributed by atoms with Gasteiger partial charge in [0.25, 0.3) is 11.7 Å². The summed E-state index contributed by atoms with van der Waals surface area (Å²) in [5, 5.41) is 21.3. The SMILES string of the molecule is COCCCN1C(=O)C(=O)/C(=C(/O)c2ccc(Cl)cc2)C1c1ccc(O)c(OC)c1. The van der Waals surface area contributed by atoms with Gasteiger partial charge in [0.05, 0.1) is 18.7 Å². The highest BCUT2D eigenvalue weighted by molar-refractivity contribution is 6.46. The molecule has 1 aliphatic heterocycles. The number of phenolic OH excluding ortho intramolecular Hbond substituents is 1. The molecule has 0 spiro atoms.